The summed E-state index contributed by atoms with van der Waals surface area (Å²) in [6.45, 7) is 6.38. The second kappa shape index (κ2) is 9.92. The first kappa shape index (κ1) is 24.1. The molecule has 188 valence electrons. The first-order chi connectivity index (χ1) is 18.6. The number of hydrogen-bond acceptors (Lipinski definition) is 2. The molecule has 1 heterocycles. The van der Waals surface area contributed by atoms with Gasteiger partial charge in [0.15, 0.2) is 5.75 Å². The van der Waals surface area contributed by atoms with E-state index in [9.17, 15) is 0 Å². The summed E-state index contributed by atoms with van der Waals surface area (Å²) in [7, 11) is -2.12. The van der Waals surface area contributed by atoms with Crippen molar-refractivity contribution in [2.24, 2.45) is 0 Å². The minimum atomic E-state index is -2.12. The van der Waals surface area contributed by atoms with Crippen LogP contribution in [0.2, 0.25) is 0 Å². The van der Waals surface area contributed by atoms with E-state index in [1.54, 1.807) is 0 Å². The number of anilines is 2. The third kappa shape index (κ3) is 4.09. The van der Waals surface area contributed by atoms with Crippen molar-refractivity contribution in [2.45, 2.75) is 30.6 Å². The van der Waals surface area contributed by atoms with Crippen molar-refractivity contribution in [2.75, 3.05) is 4.31 Å². The van der Waals surface area contributed by atoms with Crippen LogP contribution >= 0.6 is 10.5 Å². The van der Waals surface area contributed by atoms with E-state index in [-0.39, 0.29) is 0 Å². The van der Waals surface area contributed by atoms with Crippen LogP contribution in [0, 0.1) is 6.92 Å². The van der Waals surface area contributed by atoms with Crippen LogP contribution in [0.5, 0.6) is 5.75 Å². The maximum Gasteiger partial charge on any atom is 0.162 e. The van der Waals surface area contributed by atoms with Crippen LogP contribution < -0.4 is 8.49 Å². The zero-order valence-electron chi connectivity index (χ0n) is 22.0. The second-order valence-corrected chi connectivity index (χ2v) is 12.1. The summed E-state index contributed by atoms with van der Waals surface area (Å²) in [4.78, 5) is 2.32. The highest BCUT2D eigenvalue weighted by atomic mass is 32.3. The molecule has 0 radical (unpaired) electrons. The normalized spacial score (nSPS) is 18.4. The van der Waals surface area contributed by atoms with Crippen molar-refractivity contribution in [1.82, 2.24) is 0 Å². The Kier molecular flexibility index (Phi) is 6.30. The average Bonchev–Trinajstić information content (AvgIpc) is 3.33. The second-order valence-electron chi connectivity index (χ2n) is 9.60. The lowest BCUT2D eigenvalue weighted by Gasteiger charge is -2.43. The fraction of sp³-hybridized carbons (Fsp3) is 0.0857. The Morgan fingerprint density at radius 3 is 2.00 bits per heavy atom. The molecule has 0 N–H and O–H groups in total. The monoisotopic (exact) mass is 513 g/mol. The van der Waals surface area contributed by atoms with Gasteiger partial charge >= 0.3 is 0 Å². The molecule has 0 aromatic heterocycles. The van der Waals surface area contributed by atoms with E-state index < -0.39 is 10.5 Å². The Labute approximate surface area is 227 Å². The zero-order valence-corrected chi connectivity index (χ0v) is 22.8. The van der Waals surface area contributed by atoms with E-state index in [1.165, 1.54) is 27.8 Å². The van der Waals surface area contributed by atoms with Gasteiger partial charge in [0.2, 0.25) is 0 Å². The molecule has 0 saturated heterocycles. The van der Waals surface area contributed by atoms with E-state index >= 15 is 0 Å². The number of benzene rings is 5. The highest BCUT2D eigenvalue weighted by molar-refractivity contribution is 8.31. The molecule has 0 spiro atoms. The standard InChI is InChI=1S/C35H31NOS/c1-4-27(3)28-17-21-32(22-18-28)38(33-23-19-30(20-24-33)29-12-6-5-7-13-29)36(31-14-10-11-26(2)25-31)34-15-8-9-16-35(34)37-38/h4-25H,1-3H3/b27-4+. The highest BCUT2D eigenvalue weighted by Gasteiger charge is 2.45. The van der Waals surface area contributed by atoms with E-state index in [0.717, 1.165) is 26.9 Å². The van der Waals surface area contributed by atoms with Crippen LogP contribution in [-0.4, -0.2) is 0 Å². The molecule has 5 aromatic rings. The third-order valence-electron chi connectivity index (χ3n) is 7.13. The molecule has 1 aliphatic heterocycles. The van der Waals surface area contributed by atoms with Gasteiger partial charge in [-0.1, -0.05) is 84.9 Å². The Morgan fingerprint density at radius 2 is 1.32 bits per heavy atom. The third-order valence-corrected chi connectivity index (χ3v) is 10.3. The van der Waals surface area contributed by atoms with Crippen molar-refractivity contribution in [1.29, 1.82) is 0 Å². The number of nitrogens with zero attached hydrogens (tertiary/aromatic N) is 1. The van der Waals surface area contributed by atoms with Crippen LogP contribution in [0.25, 0.3) is 16.7 Å². The number of fused-ring (bicyclic) bond motifs is 1. The van der Waals surface area contributed by atoms with Gasteiger partial charge in [0.05, 0.1) is 11.4 Å². The van der Waals surface area contributed by atoms with Crippen LogP contribution in [0.1, 0.15) is 25.0 Å². The van der Waals surface area contributed by atoms with Crippen LogP contribution in [0.3, 0.4) is 0 Å². The topological polar surface area (TPSA) is 12.5 Å². The average molecular weight is 514 g/mol. The molecule has 5 aromatic carbocycles. The van der Waals surface area contributed by atoms with Gasteiger partial charge < -0.3 is 4.18 Å². The van der Waals surface area contributed by atoms with Gasteiger partial charge in [0.1, 0.15) is 0 Å². The molecule has 0 aliphatic carbocycles. The van der Waals surface area contributed by atoms with Crippen molar-refractivity contribution in [3.8, 4) is 16.9 Å². The number of para-hydroxylation sites is 2. The molecular formula is C35H31NOS. The van der Waals surface area contributed by atoms with Gasteiger partial charge in [0, 0.05) is 20.3 Å². The molecule has 0 saturated carbocycles. The molecule has 1 unspecified atom stereocenters. The maximum atomic E-state index is 7.14. The minimum Gasteiger partial charge on any atom is -0.419 e. The highest BCUT2D eigenvalue weighted by Crippen LogP contribution is 2.74. The molecular weight excluding hydrogens is 482 g/mol. The van der Waals surface area contributed by atoms with Crippen molar-refractivity contribution < 1.29 is 4.18 Å². The number of aryl methyl sites for hydroxylation is 1. The first-order valence-corrected chi connectivity index (χ1v) is 14.5. The van der Waals surface area contributed by atoms with Gasteiger partial charge in [-0.2, -0.15) is 0 Å². The predicted octanol–water partition coefficient (Wildman–Crippen LogP) is 10.4. The van der Waals surface area contributed by atoms with Crippen LogP contribution in [0.15, 0.2) is 143 Å². The van der Waals surface area contributed by atoms with Crippen molar-refractivity contribution in [3.63, 3.8) is 0 Å². The van der Waals surface area contributed by atoms with Gasteiger partial charge in [0.25, 0.3) is 0 Å². The maximum absolute atomic E-state index is 7.14. The Morgan fingerprint density at radius 1 is 0.684 bits per heavy atom. The smallest absolute Gasteiger partial charge is 0.162 e. The van der Waals surface area contributed by atoms with Gasteiger partial charge in [-0.25, -0.2) is 0 Å². The fourth-order valence-electron chi connectivity index (χ4n) is 5.02. The molecule has 3 heteroatoms. The summed E-state index contributed by atoms with van der Waals surface area (Å²) < 4.78 is 9.58. The summed E-state index contributed by atoms with van der Waals surface area (Å²) in [5.41, 5.74) is 8.33. The summed E-state index contributed by atoms with van der Waals surface area (Å²) in [6.07, 6.45) is 2.15. The molecule has 38 heavy (non-hydrogen) atoms. The lowest BCUT2D eigenvalue weighted by molar-refractivity contribution is 0.633. The molecule has 1 aliphatic rings. The number of allylic oxidation sites excluding steroid dienone is 2. The van der Waals surface area contributed by atoms with E-state index in [2.05, 4.69) is 159 Å². The summed E-state index contributed by atoms with van der Waals surface area (Å²) in [5.74, 6) is 0.907. The lowest BCUT2D eigenvalue weighted by Crippen LogP contribution is -2.23. The molecule has 1 atom stereocenters. The summed E-state index contributed by atoms with van der Waals surface area (Å²) in [5, 5.41) is 0. The van der Waals surface area contributed by atoms with Crippen LogP contribution in [-0.2, 0) is 0 Å². The van der Waals surface area contributed by atoms with Crippen LogP contribution in [0.4, 0.5) is 11.4 Å². The van der Waals surface area contributed by atoms with Gasteiger partial charge in [-0.3, -0.25) is 4.31 Å². The summed E-state index contributed by atoms with van der Waals surface area (Å²) >= 11 is 0. The van der Waals surface area contributed by atoms with E-state index in [1.807, 2.05) is 0 Å². The quantitative estimate of drug-likeness (QED) is 0.232. The molecule has 6 rings (SSSR count). The molecule has 0 amide bonds. The minimum absolute atomic E-state index is 0.907. The Hall–Kier alpha value is -4.21. The molecule has 2 nitrogen and oxygen atoms in total. The molecule has 0 bridgehead atoms. The van der Waals surface area contributed by atoms with E-state index in [4.69, 9.17) is 4.18 Å². The Bertz CT molecular complexity index is 1610. The van der Waals surface area contributed by atoms with Crippen molar-refractivity contribution >= 4 is 27.4 Å². The number of hydrogen-bond donors (Lipinski definition) is 0. The van der Waals surface area contributed by atoms with Gasteiger partial charge in [-0.05, 0) is 97.1 Å². The SMILES string of the molecule is C/C=C(\C)c1ccc(S2(c3ccc(-c4ccccc4)cc3)Oc3ccccc3N2c2cccc(C)c2)cc1. The van der Waals surface area contributed by atoms with Gasteiger partial charge in [-0.15, -0.1) is 0 Å². The summed E-state index contributed by atoms with van der Waals surface area (Å²) in [6, 6.07) is 45.5. The lowest BCUT2D eigenvalue weighted by atomic mass is 10.1. The fourth-order valence-corrected chi connectivity index (χ4v) is 8.23. The number of rotatable bonds is 5. The molecule has 0 fully saturated rings. The zero-order chi connectivity index (χ0) is 26.1. The van der Waals surface area contributed by atoms with Crippen molar-refractivity contribution in [3.05, 3.63) is 145 Å². The Balaban J connectivity index is 1.59. The first-order valence-electron chi connectivity index (χ1n) is 13.0. The van der Waals surface area contributed by atoms with E-state index in [0.29, 0.717) is 0 Å². The largest absolute Gasteiger partial charge is 0.419 e. The predicted molar refractivity (Wildman–Crippen MR) is 162 cm³/mol.